The van der Waals surface area contributed by atoms with Crippen LogP contribution in [-0.2, 0) is 9.53 Å². The number of aromatic nitrogens is 2. The van der Waals surface area contributed by atoms with Gasteiger partial charge >= 0.3 is 5.97 Å². The summed E-state index contributed by atoms with van der Waals surface area (Å²) in [5, 5.41) is 10.0. The smallest absolute Gasteiger partial charge is 0.333 e. The van der Waals surface area contributed by atoms with Crippen LogP contribution in [0.15, 0.2) is 24.3 Å². The van der Waals surface area contributed by atoms with E-state index in [1.54, 1.807) is 19.1 Å². The van der Waals surface area contributed by atoms with E-state index in [-0.39, 0.29) is 12.4 Å². The van der Waals surface area contributed by atoms with Crippen LogP contribution in [0.1, 0.15) is 29.9 Å². The Balaban J connectivity index is 2.32. The van der Waals surface area contributed by atoms with Crippen LogP contribution in [-0.4, -0.2) is 22.8 Å². The average Bonchev–Trinajstić information content (AvgIpc) is 2.78. The second-order valence-electron chi connectivity index (χ2n) is 4.68. The average molecular weight is 291 g/mol. The summed E-state index contributed by atoms with van der Waals surface area (Å²) in [5.41, 5.74) is 2.90. The van der Waals surface area contributed by atoms with Crippen molar-refractivity contribution in [3.05, 3.63) is 47.0 Å². The van der Waals surface area contributed by atoms with Crippen molar-refractivity contribution in [3.63, 3.8) is 0 Å². The summed E-state index contributed by atoms with van der Waals surface area (Å²) >= 11 is 0. The van der Waals surface area contributed by atoms with E-state index in [2.05, 4.69) is 15.5 Å². The Hall–Kier alpha value is -2.37. The van der Waals surface area contributed by atoms with Gasteiger partial charge in [-0.05, 0) is 45.0 Å². The Kier molecular flexibility index (Phi) is 4.57. The van der Waals surface area contributed by atoms with Crippen LogP contribution in [0.3, 0.4) is 0 Å². The molecule has 21 heavy (non-hydrogen) atoms. The van der Waals surface area contributed by atoms with Crippen LogP contribution >= 0.6 is 0 Å². The Morgan fingerprint density at radius 2 is 2.05 bits per heavy atom. The normalized spacial score (nSPS) is 12.0. The molecule has 6 heteroatoms. The summed E-state index contributed by atoms with van der Waals surface area (Å²) < 4.78 is 18.1. The van der Waals surface area contributed by atoms with Gasteiger partial charge in [0.05, 0.1) is 12.3 Å². The van der Waals surface area contributed by atoms with Crippen molar-refractivity contribution in [2.24, 2.45) is 0 Å². The minimum absolute atomic E-state index is 0.288. The van der Waals surface area contributed by atoms with Gasteiger partial charge in [0.1, 0.15) is 5.82 Å². The van der Waals surface area contributed by atoms with Crippen molar-refractivity contribution >= 4 is 11.7 Å². The summed E-state index contributed by atoms with van der Waals surface area (Å²) in [7, 11) is 0. The van der Waals surface area contributed by atoms with E-state index in [0.717, 1.165) is 17.0 Å². The summed E-state index contributed by atoms with van der Waals surface area (Å²) in [5.74, 6) is -0.724. The topological polar surface area (TPSA) is 67.0 Å². The zero-order valence-electron chi connectivity index (χ0n) is 12.2. The number of ether oxygens (including phenoxy) is 1. The van der Waals surface area contributed by atoms with Gasteiger partial charge in [-0.15, -0.1) is 0 Å². The molecule has 1 atom stereocenters. The molecule has 0 radical (unpaired) electrons. The summed E-state index contributed by atoms with van der Waals surface area (Å²) in [6.07, 6.45) is 0. The second-order valence-corrected chi connectivity index (χ2v) is 4.68. The highest BCUT2D eigenvalue weighted by Gasteiger charge is 2.27. The van der Waals surface area contributed by atoms with Gasteiger partial charge in [-0.2, -0.15) is 5.10 Å². The number of aromatic amines is 1. The highest BCUT2D eigenvalue weighted by atomic mass is 19.1. The fourth-order valence-electron chi connectivity index (χ4n) is 2.17. The van der Waals surface area contributed by atoms with E-state index < -0.39 is 12.0 Å². The molecule has 0 aliphatic heterocycles. The maximum Gasteiger partial charge on any atom is 0.333 e. The van der Waals surface area contributed by atoms with Gasteiger partial charge in [0.25, 0.3) is 0 Å². The fourth-order valence-corrected chi connectivity index (χ4v) is 2.17. The third-order valence-corrected chi connectivity index (χ3v) is 3.15. The molecule has 5 nitrogen and oxygen atoms in total. The number of halogens is 1. The highest BCUT2D eigenvalue weighted by molar-refractivity contribution is 5.81. The third-order valence-electron chi connectivity index (χ3n) is 3.15. The molecule has 2 N–H and O–H groups in total. The van der Waals surface area contributed by atoms with Gasteiger partial charge in [-0.3, -0.25) is 5.10 Å². The first-order valence-corrected chi connectivity index (χ1v) is 6.73. The number of nitrogens with zero attached hydrogens (tertiary/aromatic N) is 1. The molecule has 1 aromatic heterocycles. The first-order chi connectivity index (χ1) is 10.0. The van der Waals surface area contributed by atoms with E-state index in [0.29, 0.717) is 5.69 Å². The van der Waals surface area contributed by atoms with E-state index in [1.807, 2.05) is 13.8 Å². The van der Waals surface area contributed by atoms with E-state index in [9.17, 15) is 9.18 Å². The van der Waals surface area contributed by atoms with Crippen LogP contribution in [0.25, 0.3) is 0 Å². The molecule has 1 unspecified atom stereocenters. The number of benzene rings is 1. The molecule has 0 fully saturated rings. The summed E-state index contributed by atoms with van der Waals surface area (Å²) in [4.78, 5) is 12.2. The van der Waals surface area contributed by atoms with Crippen molar-refractivity contribution in [1.29, 1.82) is 0 Å². The molecule has 112 valence electrons. The number of esters is 1. The number of nitrogens with one attached hydrogen (secondary N) is 2. The number of rotatable bonds is 5. The van der Waals surface area contributed by atoms with Crippen molar-refractivity contribution in [1.82, 2.24) is 10.2 Å². The molecule has 1 aromatic carbocycles. The first-order valence-electron chi connectivity index (χ1n) is 6.73. The van der Waals surface area contributed by atoms with E-state index in [1.165, 1.54) is 12.1 Å². The van der Waals surface area contributed by atoms with Crippen LogP contribution < -0.4 is 5.32 Å². The SMILES string of the molecule is CCOC(=O)C(Nc1ccc(F)cc1)c1c(C)n[nH]c1C. The fraction of sp³-hybridized carbons (Fsp3) is 0.333. The van der Waals surface area contributed by atoms with Gasteiger partial charge in [0.2, 0.25) is 0 Å². The minimum Gasteiger partial charge on any atom is -0.464 e. The molecule has 1 heterocycles. The van der Waals surface area contributed by atoms with Gasteiger partial charge in [0.15, 0.2) is 6.04 Å². The quantitative estimate of drug-likeness (QED) is 0.831. The monoisotopic (exact) mass is 291 g/mol. The molecule has 0 aliphatic rings. The van der Waals surface area contributed by atoms with Crippen molar-refractivity contribution in [3.8, 4) is 0 Å². The third kappa shape index (κ3) is 3.39. The molecular formula is C15H18FN3O2. The Morgan fingerprint density at radius 1 is 1.38 bits per heavy atom. The number of carbonyl (C=O) groups is 1. The van der Waals surface area contributed by atoms with Crippen molar-refractivity contribution < 1.29 is 13.9 Å². The molecule has 0 amide bonds. The zero-order valence-corrected chi connectivity index (χ0v) is 12.2. The van der Waals surface area contributed by atoms with E-state index >= 15 is 0 Å². The van der Waals surface area contributed by atoms with Gasteiger partial charge in [-0.1, -0.05) is 0 Å². The molecule has 0 saturated carbocycles. The molecule has 0 aliphatic carbocycles. The summed E-state index contributed by atoms with van der Waals surface area (Å²) in [6.45, 7) is 5.70. The van der Waals surface area contributed by atoms with Crippen molar-refractivity contribution in [2.75, 3.05) is 11.9 Å². The Labute approximate surface area is 122 Å². The number of hydrogen-bond acceptors (Lipinski definition) is 4. The molecule has 0 bridgehead atoms. The number of carbonyl (C=O) groups excluding carboxylic acids is 1. The molecule has 2 aromatic rings. The lowest BCUT2D eigenvalue weighted by Gasteiger charge is -2.19. The predicted octanol–water partition coefficient (Wildman–Crippen LogP) is 2.88. The number of aryl methyl sites for hydroxylation is 2. The van der Waals surface area contributed by atoms with Gasteiger partial charge < -0.3 is 10.1 Å². The van der Waals surface area contributed by atoms with Crippen molar-refractivity contribution in [2.45, 2.75) is 26.8 Å². The van der Waals surface area contributed by atoms with Crippen LogP contribution in [0, 0.1) is 19.7 Å². The minimum atomic E-state index is -0.686. The lowest BCUT2D eigenvalue weighted by Crippen LogP contribution is -2.24. The standard InChI is InChI=1S/C15H18FN3O2/c1-4-21-15(20)14(13-9(2)18-19-10(13)3)17-12-7-5-11(16)6-8-12/h5-8,14,17H,4H2,1-3H3,(H,18,19). The Bertz CT molecular complexity index is 603. The number of anilines is 1. The lowest BCUT2D eigenvalue weighted by atomic mass is 10.0. The maximum absolute atomic E-state index is 13.0. The van der Waals surface area contributed by atoms with Gasteiger partial charge in [0, 0.05) is 16.9 Å². The van der Waals surface area contributed by atoms with Crippen LogP contribution in [0.4, 0.5) is 10.1 Å². The highest BCUT2D eigenvalue weighted by Crippen LogP contribution is 2.25. The molecular weight excluding hydrogens is 273 g/mol. The maximum atomic E-state index is 13.0. The second kappa shape index (κ2) is 6.39. The molecule has 0 saturated heterocycles. The van der Waals surface area contributed by atoms with E-state index in [4.69, 9.17) is 4.74 Å². The zero-order chi connectivity index (χ0) is 15.4. The number of hydrogen-bond donors (Lipinski definition) is 2. The summed E-state index contributed by atoms with van der Waals surface area (Å²) in [6, 6.07) is 5.13. The Morgan fingerprint density at radius 3 is 2.57 bits per heavy atom. The molecule has 0 spiro atoms. The van der Waals surface area contributed by atoms with Crippen LogP contribution in [0.2, 0.25) is 0 Å². The van der Waals surface area contributed by atoms with Crippen LogP contribution in [0.5, 0.6) is 0 Å². The predicted molar refractivity (Wildman–Crippen MR) is 77.5 cm³/mol. The number of H-pyrrole nitrogens is 1. The largest absolute Gasteiger partial charge is 0.464 e. The van der Waals surface area contributed by atoms with Gasteiger partial charge in [-0.25, -0.2) is 9.18 Å². The lowest BCUT2D eigenvalue weighted by molar-refractivity contribution is -0.144. The molecule has 2 rings (SSSR count). The first kappa shape index (κ1) is 15.0.